The standard InChI is InChI=1S/C18H14ClFN4O2/c19-12-7-4-8-13(15(12)20)21-17(25)16-22-18-24(23-16)14(9-10-26-18)11-5-2-1-3-6-11/h1-8,14H,9-10H2,(H,21,25)/t14-/m0/s1. The molecule has 0 spiro atoms. The number of rotatable bonds is 3. The van der Waals surface area contributed by atoms with E-state index in [9.17, 15) is 9.18 Å². The molecular formula is C18H14ClFN4O2. The summed E-state index contributed by atoms with van der Waals surface area (Å²) in [7, 11) is 0. The number of hydrogen-bond donors (Lipinski definition) is 1. The summed E-state index contributed by atoms with van der Waals surface area (Å²) in [5, 5.41) is 6.63. The Morgan fingerprint density at radius 1 is 1.23 bits per heavy atom. The average Bonchev–Trinajstić information content (AvgIpc) is 3.10. The lowest BCUT2D eigenvalue weighted by atomic mass is 10.0. The Kier molecular flexibility index (Phi) is 4.30. The quantitative estimate of drug-likeness (QED) is 0.761. The predicted octanol–water partition coefficient (Wildman–Crippen LogP) is 3.69. The number of fused-ring (bicyclic) bond motifs is 1. The number of benzene rings is 2. The Labute approximate surface area is 153 Å². The van der Waals surface area contributed by atoms with Crippen LogP contribution in [0.3, 0.4) is 0 Å². The summed E-state index contributed by atoms with van der Waals surface area (Å²) in [6, 6.07) is 14.3. The monoisotopic (exact) mass is 372 g/mol. The maximum absolute atomic E-state index is 14.0. The first-order valence-corrected chi connectivity index (χ1v) is 8.41. The van der Waals surface area contributed by atoms with Crippen LogP contribution in [0.4, 0.5) is 10.1 Å². The van der Waals surface area contributed by atoms with Crippen molar-refractivity contribution in [1.29, 1.82) is 0 Å². The maximum Gasteiger partial charge on any atom is 0.316 e. The van der Waals surface area contributed by atoms with Crippen LogP contribution in [0.2, 0.25) is 5.02 Å². The van der Waals surface area contributed by atoms with Crippen molar-refractivity contribution in [3.8, 4) is 6.01 Å². The summed E-state index contributed by atoms with van der Waals surface area (Å²) in [6.45, 7) is 0.474. The van der Waals surface area contributed by atoms with Gasteiger partial charge in [0.2, 0.25) is 5.82 Å². The number of nitrogens with one attached hydrogen (secondary N) is 1. The summed E-state index contributed by atoms with van der Waals surface area (Å²) >= 11 is 5.73. The van der Waals surface area contributed by atoms with E-state index in [0.29, 0.717) is 13.0 Å². The molecule has 2 aromatic carbocycles. The molecule has 1 aromatic heterocycles. The fourth-order valence-electron chi connectivity index (χ4n) is 2.85. The molecule has 132 valence electrons. The van der Waals surface area contributed by atoms with Gasteiger partial charge in [0.25, 0.3) is 5.91 Å². The van der Waals surface area contributed by atoms with Crippen molar-refractivity contribution in [2.45, 2.75) is 12.5 Å². The Morgan fingerprint density at radius 2 is 2.04 bits per heavy atom. The number of carbonyl (C=O) groups is 1. The van der Waals surface area contributed by atoms with Crippen LogP contribution in [0, 0.1) is 5.82 Å². The number of nitrogens with zero attached hydrogens (tertiary/aromatic N) is 3. The molecule has 0 aliphatic carbocycles. The van der Waals surface area contributed by atoms with Crippen LogP contribution in [0.25, 0.3) is 0 Å². The third-order valence-corrected chi connectivity index (χ3v) is 4.40. The SMILES string of the molecule is O=C(Nc1cccc(Cl)c1F)c1nc2n(n1)[C@H](c1ccccc1)CCO2. The first kappa shape index (κ1) is 16.5. The average molecular weight is 373 g/mol. The molecule has 0 saturated heterocycles. The first-order valence-electron chi connectivity index (χ1n) is 8.03. The van der Waals surface area contributed by atoms with Crippen molar-refractivity contribution in [2.75, 3.05) is 11.9 Å². The van der Waals surface area contributed by atoms with Crippen molar-refractivity contribution >= 4 is 23.2 Å². The van der Waals surface area contributed by atoms with Gasteiger partial charge in [-0.05, 0) is 17.7 Å². The highest BCUT2D eigenvalue weighted by Gasteiger charge is 2.28. The fourth-order valence-corrected chi connectivity index (χ4v) is 3.03. The van der Waals surface area contributed by atoms with Crippen LogP contribution < -0.4 is 10.1 Å². The highest BCUT2D eigenvalue weighted by molar-refractivity contribution is 6.31. The fraction of sp³-hybridized carbons (Fsp3) is 0.167. The van der Waals surface area contributed by atoms with E-state index in [0.717, 1.165) is 5.56 Å². The van der Waals surface area contributed by atoms with E-state index in [2.05, 4.69) is 15.4 Å². The van der Waals surface area contributed by atoms with Crippen molar-refractivity contribution < 1.29 is 13.9 Å². The van der Waals surface area contributed by atoms with Crippen molar-refractivity contribution in [1.82, 2.24) is 14.8 Å². The third-order valence-electron chi connectivity index (χ3n) is 4.10. The van der Waals surface area contributed by atoms with Crippen LogP contribution in [-0.4, -0.2) is 27.3 Å². The molecule has 0 radical (unpaired) electrons. The number of carbonyl (C=O) groups excluding carboxylic acids is 1. The maximum atomic E-state index is 14.0. The molecule has 3 aromatic rings. The predicted molar refractivity (Wildman–Crippen MR) is 94.1 cm³/mol. The molecule has 1 atom stereocenters. The molecule has 0 bridgehead atoms. The summed E-state index contributed by atoms with van der Waals surface area (Å²) in [5.41, 5.74) is 1.02. The zero-order chi connectivity index (χ0) is 18.1. The molecule has 1 aliphatic rings. The van der Waals surface area contributed by atoms with Gasteiger partial charge in [-0.3, -0.25) is 4.79 Å². The van der Waals surface area contributed by atoms with Crippen molar-refractivity contribution in [2.24, 2.45) is 0 Å². The lowest BCUT2D eigenvalue weighted by Gasteiger charge is -2.23. The van der Waals surface area contributed by atoms with Gasteiger partial charge in [0, 0.05) is 6.42 Å². The van der Waals surface area contributed by atoms with Crippen LogP contribution >= 0.6 is 11.6 Å². The summed E-state index contributed by atoms with van der Waals surface area (Å²) < 4.78 is 21.1. The lowest BCUT2D eigenvalue weighted by Crippen LogP contribution is -2.23. The summed E-state index contributed by atoms with van der Waals surface area (Å²) in [5.74, 6) is -1.43. The molecule has 1 aliphatic heterocycles. The highest BCUT2D eigenvalue weighted by atomic mass is 35.5. The molecule has 1 amide bonds. The van der Waals surface area contributed by atoms with Gasteiger partial charge >= 0.3 is 6.01 Å². The Hall–Kier alpha value is -2.93. The number of hydrogen-bond acceptors (Lipinski definition) is 4. The van der Waals surface area contributed by atoms with Gasteiger partial charge in [-0.2, -0.15) is 4.98 Å². The van der Waals surface area contributed by atoms with Crippen molar-refractivity contribution in [3.05, 3.63) is 70.8 Å². The molecule has 4 rings (SSSR count). The van der Waals surface area contributed by atoms with E-state index in [-0.39, 0.29) is 28.6 Å². The summed E-state index contributed by atoms with van der Waals surface area (Å²) in [4.78, 5) is 16.6. The molecule has 8 heteroatoms. The van der Waals surface area contributed by atoms with Gasteiger partial charge in [-0.25, -0.2) is 9.07 Å². The van der Waals surface area contributed by atoms with E-state index in [4.69, 9.17) is 16.3 Å². The van der Waals surface area contributed by atoms with Gasteiger partial charge in [0.05, 0.1) is 23.4 Å². The van der Waals surface area contributed by atoms with E-state index in [1.807, 2.05) is 30.3 Å². The van der Waals surface area contributed by atoms with Crippen LogP contribution in [-0.2, 0) is 0 Å². The van der Waals surface area contributed by atoms with Crippen LogP contribution in [0.1, 0.15) is 28.6 Å². The Morgan fingerprint density at radius 3 is 2.85 bits per heavy atom. The van der Waals surface area contributed by atoms with Gasteiger partial charge in [-0.1, -0.05) is 48.0 Å². The van der Waals surface area contributed by atoms with Gasteiger partial charge < -0.3 is 10.1 Å². The number of anilines is 1. The highest BCUT2D eigenvalue weighted by Crippen LogP contribution is 2.30. The summed E-state index contributed by atoms with van der Waals surface area (Å²) in [6.07, 6.45) is 0.713. The topological polar surface area (TPSA) is 69.0 Å². The van der Waals surface area contributed by atoms with Crippen molar-refractivity contribution in [3.63, 3.8) is 0 Å². The first-order chi connectivity index (χ1) is 12.6. The largest absolute Gasteiger partial charge is 0.464 e. The minimum absolute atomic E-state index is 0.0317. The second-order valence-electron chi connectivity index (χ2n) is 5.78. The third kappa shape index (κ3) is 3.01. The molecule has 0 fully saturated rings. The Bertz CT molecular complexity index is 961. The number of aromatic nitrogens is 3. The molecule has 0 saturated carbocycles. The second-order valence-corrected chi connectivity index (χ2v) is 6.19. The number of amides is 1. The minimum Gasteiger partial charge on any atom is -0.464 e. The minimum atomic E-state index is -0.704. The van der Waals surface area contributed by atoms with E-state index in [1.165, 1.54) is 12.1 Å². The molecule has 0 unspecified atom stereocenters. The Balaban J connectivity index is 1.62. The number of ether oxygens (including phenoxy) is 1. The zero-order valence-electron chi connectivity index (χ0n) is 13.5. The van der Waals surface area contributed by atoms with E-state index >= 15 is 0 Å². The zero-order valence-corrected chi connectivity index (χ0v) is 14.3. The van der Waals surface area contributed by atoms with Crippen LogP contribution in [0.5, 0.6) is 6.01 Å². The van der Waals surface area contributed by atoms with Gasteiger partial charge in [0.1, 0.15) is 0 Å². The number of halogens is 2. The molecule has 6 nitrogen and oxygen atoms in total. The smallest absolute Gasteiger partial charge is 0.316 e. The van der Waals surface area contributed by atoms with E-state index < -0.39 is 11.7 Å². The molecule has 1 N–H and O–H groups in total. The molecule has 26 heavy (non-hydrogen) atoms. The normalized spacial score (nSPS) is 15.8. The van der Waals surface area contributed by atoms with Gasteiger partial charge in [-0.15, -0.1) is 5.10 Å². The molecular weight excluding hydrogens is 359 g/mol. The van der Waals surface area contributed by atoms with Gasteiger partial charge in [0.15, 0.2) is 5.82 Å². The second kappa shape index (κ2) is 6.76. The van der Waals surface area contributed by atoms with E-state index in [1.54, 1.807) is 10.7 Å². The van der Waals surface area contributed by atoms with Crippen LogP contribution in [0.15, 0.2) is 48.5 Å². The lowest BCUT2D eigenvalue weighted by molar-refractivity contribution is 0.101. The molecule has 2 heterocycles.